The number of hydrogen-bond acceptors (Lipinski definition) is 0. The molecule has 0 bridgehead atoms. The van der Waals surface area contributed by atoms with Crippen LogP contribution in [0.5, 0.6) is 0 Å². The zero-order chi connectivity index (χ0) is 28.3. The van der Waals surface area contributed by atoms with E-state index in [0.717, 1.165) is 0 Å². The number of aromatic nitrogens is 2. The molecule has 0 aliphatic rings. The van der Waals surface area contributed by atoms with Crippen LogP contribution in [0, 0.1) is 5.92 Å². The van der Waals surface area contributed by atoms with Crippen LogP contribution in [-0.2, 0) is 12.6 Å². The molecule has 0 aliphatic carbocycles. The van der Waals surface area contributed by atoms with Gasteiger partial charge in [0.15, 0.2) is 0 Å². The first-order valence-electron chi connectivity index (χ1n) is 8.93. The molecule has 1 heterocycles. The van der Waals surface area contributed by atoms with E-state index >= 15 is 0 Å². The lowest BCUT2D eigenvalue weighted by Crippen LogP contribution is -2.74. The van der Waals surface area contributed by atoms with Gasteiger partial charge < -0.3 is 0 Å². The molecule has 0 aliphatic heterocycles. The Morgan fingerprint density at radius 2 is 0.971 bits per heavy atom. The highest BCUT2D eigenvalue weighted by molar-refractivity contribution is 5.14. The molecule has 2 nitrogen and oxygen atoms in total. The normalized spacial score (nSPS) is 15.8. The molecule has 35 heavy (non-hydrogen) atoms. The van der Waals surface area contributed by atoms with Crippen molar-refractivity contribution in [3.05, 3.63) is 18.7 Å². The number of nitrogens with zero attached hydrogens (tertiary/aromatic N) is 2. The van der Waals surface area contributed by atoms with Gasteiger partial charge in [-0.1, -0.05) is 13.8 Å². The monoisotopic (exact) mass is 557 g/mol. The van der Waals surface area contributed by atoms with Gasteiger partial charge >= 0.3 is 47.8 Å². The van der Waals surface area contributed by atoms with Crippen molar-refractivity contribution in [3.8, 4) is 0 Å². The van der Waals surface area contributed by atoms with Gasteiger partial charge in [0.25, 0.3) is 0 Å². The Hall–Kier alpha value is -1.98. The van der Waals surface area contributed by atoms with Crippen molar-refractivity contribution in [2.24, 2.45) is 5.92 Å². The first kappa shape index (κ1) is 31.1. The minimum absolute atomic E-state index is 0.0743. The van der Waals surface area contributed by atoms with E-state index in [0.29, 0.717) is 10.8 Å². The highest BCUT2D eigenvalue weighted by Gasteiger charge is 2.96. The molecule has 19 heteroatoms. The van der Waals surface area contributed by atoms with Gasteiger partial charge in [-0.05, 0) is 12.3 Å². The van der Waals surface area contributed by atoms with Crippen LogP contribution in [0.25, 0.3) is 0 Å². The molecule has 1 aromatic rings. The number of halogens is 17. The van der Waals surface area contributed by atoms with E-state index in [-0.39, 0.29) is 31.4 Å². The predicted octanol–water partition coefficient (Wildman–Crippen LogP) is 6.75. The molecule has 0 unspecified atom stereocenters. The van der Waals surface area contributed by atoms with Gasteiger partial charge in [0.2, 0.25) is 6.33 Å². The Labute approximate surface area is 184 Å². The first-order valence-corrected chi connectivity index (χ1v) is 8.93. The summed E-state index contributed by atoms with van der Waals surface area (Å²) in [4.78, 5) is 0. The van der Waals surface area contributed by atoms with Crippen LogP contribution in [0.2, 0.25) is 0 Å². The van der Waals surface area contributed by atoms with Crippen molar-refractivity contribution < 1.29 is 79.2 Å². The molecule has 0 N–H and O–H groups in total. The van der Waals surface area contributed by atoms with Crippen LogP contribution in [0.15, 0.2) is 18.7 Å². The van der Waals surface area contributed by atoms with Crippen molar-refractivity contribution in [1.29, 1.82) is 0 Å². The molecule has 0 fully saturated rings. The van der Waals surface area contributed by atoms with E-state index in [2.05, 4.69) is 0 Å². The van der Waals surface area contributed by atoms with Crippen LogP contribution >= 0.6 is 0 Å². The average molecular weight is 557 g/mol. The summed E-state index contributed by atoms with van der Waals surface area (Å²) in [7, 11) is 0. The smallest absolute Gasteiger partial charge is 0.237 e. The lowest BCUT2D eigenvalue weighted by Gasteiger charge is -2.42. The van der Waals surface area contributed by atoms with Gasteiger partial charge in [-0.3, -0.25) is 0 Å². The van der Waals surface area contributed by atoms with E-state index in [1.807, 2.05) is 0 Å². The molecule has 1 aromatic heterocycles. The Balaban J connectivity index is 3.58. The van der Waals surface area contributed by atoms with E-state index in [1.54, 1.807) is 13.8 Å². The largest absolute Gasteiger partial charge is 0.469 e. The maximum absolute atomic E-state index is 14.1. The Morgan fingerprint density at radius 1 is 0.600 bits per heavy atom. The van der Waals surface area contributed by atoms with Gasteiger partial charge in [0.05, 0.1) is 6.54 Å². The summed E-state index contributed by atoms with van der Waals surface area (Å²) in [6.07, 6.45) is -7.27. The molecule has 0 saturated heterocycles. The lowest BCUT2D eigenvalue weighted by molar-refractivity contribution is -0.698. The van der Waals surface area contributed by atoms with Crippen LogP contribution in [0.4, 0.5) is 74.6 Å². The van der Waals surface area contributed by atoms with Gasteiger partial charge in [0.1, 0.15) is 12.4 Å². The van der Waals surface area contributed by atoms with Gasteiger partial charge in [-0.2, -0.15) is 79.2 Å². The maximum Gasteiger partial charge on any atom is 0.469 e. The average Bonchev–Trinajstić information content (AvgIpc) is 3.14. The summed E-state index contributed by atoms with van der Waals surface area (Å²) >= 11 is 0. The highest BCUT2D eigenvalue weighted by Crippen LogP contribution is 2.64. The number of aryl methyl sites for hydroxylation is 1. The molecule has 0 atom stereocenters. The molecule has 0 amide bonds. The number of alkyl halides is 17. The van der Waals surface area contributed by atoms with Crippen molar-refractivity contribution >= 4 is 0 Å². The molecule has 0 saturated carbocycles. The fourth-order valence-electron chi connectivity index (χ4n) is 2.42. The summed E-state index contributed by atoms with van der Waals surface area (Å²) in [5.74, 6) is -50.1. The summed E-state index contributed by atoms with van der Waals surface area (Å²) in [5.41, 5.74) is 0. The van der Waals surface area contributed by atoms with Crippen molar-refractivity contribution in [2.75, 3.05) is 0 Å². The van der Waals surface area contributed by atoms with Crippen LogP contribution < -0.4 is 4.57 Å². The molecule has 0 radical (unpaired) electrons. The zero-order valence-electron chi connectivity index (χ0n) is 17.0. The summed E-state index contributed by atoms with van der Waals surface area (Å²) in [6.45, 7) is 2.96. The van der Waals surface area contributed by atoms with Crippen LogP contribution in [0.1, 0.15) is 20.3 Å². The summed E-state index contributed by atoms with van der Waals surface area (Å²) in [5, 5.41) is 0. The van der Waals surface area contributed by atoms with Gasteiger partial charge in [0, 0.05) is 0 Å². The topological polar surface area (TPSA) is 8.81 Å². The summed E-state index contributed by atoms with van der Waals surface area (Å²) < 4.78 is 225. The lowest BCUT2D eigenvalue weighted by atomic mass is 9.90. The third kappa shape index (κ3) is 4.40. The van der Waals surface area contributed by atoms with Crippen molar-refractivity contribution in [3.63, 3.8) is 0 Å². The maximum atomic E-state index is 14.1. The molecule has 1 rings (SSSR count). The molecular weight excluding hydrogens is 543 g/mol. The van der Waals surface area contributed by atoms with Crippen LogP contribution in [0.3, 0.4) is 0 Å². The van der Waals surface area contributed by atoms with Crippen molar-refractivity contribution in [1.82, 2.24) is 4.57 Å². The fraction of sp³-hybridized carbons (Fsp3) is 0.812. The molecule has 206 valence electrons. The molecular formula is C16H14F17N2+. The minimum Gasteiger partial charge on any atom is -0.237 e. The highest BCUT2D eigenvalue weighted by atomic mass is 19.4. The second kappa shape index (κ2) is 8.55. The number of imidazole rings is 1. The first-order chi connectivity index (χ1) is 15.1. The second-order valence-electron chi connectivity index (χ2n) is 7.73. The Morgan fingerprint density at radius 3 is 1.34 bits per heavy atom. The van der Waals surface area contributed by atoms with Crippen molar-refractivity contribution in [2.45, 2.75) is 74.6 Å². The fourth-order valence-corrected chi connectivity index (χ4v) is 2.42. The van der Waals surface area contributed by atoms with E-state index in [4.69, 9.17) is 0 Å². The van der Waals surface area contributed by atoms with E-state index in [9.17, 15) is 74.6 Å². The van der Waals surface area contributed by atoms with E-state index in [1.165, 1.54) is 0 Å². The standard InChI is InChI=1S/C16H14F17N2/c1-8(2)3-4-34-5-6-35(7-34)16(32,33)14(27,28)12(23,24)10(19,20)9(17,18)11(21,22)13(25,26)15(29,30)31/h5-8H,3-4H2,1-2H3/q+1. The number of hydrogen-bond donors (Lipinski definition) is 0. The van der Waals surface area contributed by atoms with Gasteiger partial charge in [-0.15, -0.1) is 0 Å². The third-order valence-corrected chi connectivity index (χ3v) is 4.69. The SMILES string of the molecule is CC(C)CC[n+]1ccn(C(F)(F)C(F)(F)C(F)(F)C(F)(F)C(F)(F)C(F)(F)C(F)(F)C(F)(F)F)c1. The number of rotatable bonds is 10. The van der Waals surface area contributed by atoms with E-state index < -0.39 is 52.3 Å². The quantitative estimate of drug-likeness (QED) is 0.223. The zero-order valence-corrected chi connectivity index (χ0v) is 17.0. The predicted molar refractivity (Wildman–Crippen MR) is 80.0 cm³/mol. The molecule has 0 aromatic carbocycles. The second-order valence-corrected chi connectivity index (χ2v) is 7.73. The third-order valence-electron chi connectivity index (χ3n) is 4.69. The Bertz CT molecular complexity index is 881. The Kier molecular flexibility index (Phi) is 7.59. The summed E-state index contributed by atoms with van der Waals surface area (Å²) in [6, 6.07) is -6.61. The minimum atomic E-state index is -8.63. The van der Waals surface area contributed by atoms with Crippen LogP contribution in [-0.4, -0.2) is 46.3 Å². The molecule has 0 spiro atoms. The van der Waals surface area contributed by atoms with Gasteiger partial charge in [-0.25, -0.2) is 4.57 Å².